The minimum atomic E-state index is 0.0185. The third-order valence-electron chi connectivity index (χ3n) is 7.26. The Morgan fingerprint density at radius 1 is 1.00 bits per heavy atom. The van der Waals surface area contributed by atoms with Crippen molar-refractivity contribution in [3.63, 3.8) is 0 Å². The lowest BCUT2D eigenvalue weighted by Gasteiger charge is -2.39. The van der Waals surface area contributed by atoms with Crippen molar-refractivity contribution >= 4 is 12.2 Å². The van der Waals surface area contributed by atoms with Crippen LogP contribution in [0.1, 0.15) is 66.7 Å². The third-order valence-corrected chi connectivity index (χ3v) is 7.26. The molecule has 3 aliphatic rings. The van der Waals surface area contributed by atoms with Crippen LogP contribution in [0.3, 0.4) is 0 Å². The summed E-state index contributed by atoms with van der Waals surface area (Å²) in [4.78, 5) is 31.4. The van der Waals surface area contributed by atoms with Crippen LogP contribution in [0.4, 0.5) is 0 Å². The third kappa shape index (κ3) is 11.8. The van der Waals surface area contributed by atoms with Gasteiger partial charge in [0.05, 0.1) is 6.54 Å². The van der Waals surface area contributed by atoms with Gasteiger partial charge in [-0.05, 0) is 66.6 Å². The molecule has 3 aliphatic heterocycles. The van der Waals surface area contributed by atoms with E-state index in [9.17, 15) is 9.59 Å². The normalized spacial score (nSPS) is 21.6. The number of nitrogens with zero attached hydrogens (tertiary/aromatic N) is 4. The number of carbonyl (C=O) groups is 2. The fourth-order valence-electron chi connectivity index (χ4n) is 4.46. The van der Waals surface area contributed by atoms with Crippen molar-refractivity contribution < 1.29 is 9.59 Å². The predicted octanol–water partition coefficient (Wildman–Crippen LogP) is 4.08. The number of hydrogen-bond donors (Lipinski definition) is 0. The molecule has 1 amide bonds. The molecule has 2 unspecified atom stereocenters. The molecule has 0 radical (unpaired) electrons. The van der Waals surface area contributed by atoms with E-state index in [2.05, 4.69) is 60.9 Å². The van der Waals surface area contributed by atoms with Crippen LogP contribution in [0.5, 0.6) is 0 Å². The smallest absolute Gasteiger partial charge is 0.236 e. The second kappa shape index (κ2) is 17.0. The van der Waals surface area contributed by atoms with Crippen LogP contribution in [0.2, 0.25) is 0 Å². The Labute approximate surface area is 210 Å². The van der Waals surface area contributed by atoms with Gasteiger partial charge in [-0.15, -0.1) is 6.58 Å². The monoisotopic (exact) mass is 476 g/mol. The van der Waals surface area contributed by atoms with E-state index >= 15 is 0 Å². The average Bonchev–Trinajstić information content (AvgIpc) is 3.32. The lowest BCUT2D eigenvalue weighted by atomic mass is 10.0. The Balaban J connectivity index is 0.000000393. The first-order valence-corrected chi connectivity index (χ1v) is 13.4. The van der Waals surface area contributed by atoms with E-state index in [1.54, 1.807) is 13.0 Å². The zero-order chi connectivity index (χ0) is 25.5. The summed E-state index contributed by atoms with van der Waals surface area (Å²) in [5.41, 5.74) is 2.94. The predicted molar refractivity (Wildman–Crippen MR) is 144 cm³/mol. The Bertz CT molecular complexity index is 626. The zero-order valence-electron chi connectivity index (χ0n) is 23.0. The first-order chi connectivity index (χ1) is 16.2. The molecule has 2 atom stereocenters. The maximum absolute atomic E-state index is 12.5. The van der Waals surface area contributed by atoms with Crippen molar-refractivity contribution in [3.05, 3.63) is 23.8 Å². The number of aldehydes is 1. The van der Waals surface area contributed by atoms with Crippen LogP contribution in [-0.2, 0) is 9.59 Å². The summed E-state index contributed by atoms with van der Waals surface area (Å²) in [5.74, 6) is 0.333. The number of likely N-dealkylation sites (tertiary alicyclic amines) is 1. The Morgan fingerprint density at radius 3 is 2.03 bits per heavy atom. The van der Waals surface area contributed by atoms with Gasteiger partial charge in [0.25, 0.3) is 0 Å². The largest absolute Gasteiger partial charge is 0.339 e. The molecule has 2 saturated heterocycles. The quantitative estimate of drug-likeness (QED) is 0.409. The summed E-state index contributed by atoms with van der Waals surface area (Å²) >= 11 is 0. The topological polar surface area (TPSA) is 47.1 Å². The number of piperazine rings is 1. The molecule has 6 heteroatoms. The van der Waals surface area contributed by atoms with Gasteiger partial charge in [0.15, 0.2) is 0 Å². The molecular formula is C28H52N4O2. The minimum absolute atomic E-state index is 0.0185. The highest BCUT2D eigenvalue weighted by atomic mass is 16.2. The van der Waals surface area contributed by atoms with Gasteiger partial charge in [0.2, 0.25) is 5.91 Å². The summed E-state index contributed by atoms with van der Waals surface area (Å²) in [7, 11) is 2.17. The SMILES string of the molecule is C=CC(C)C=O.CCCC(C)N1CCN(C(=O)CN2CCC(C)=C(C)C2)CC1.CN1CCCC1. The second-order valence-corrected chi connectivity index (χ2v) is 10.3. The first-order valence-electron chi connectivity index (χ1n) is 13.4. The van der Waals surface area contributed by atoms with Gasteiger partial charge in [-0.25, -0.2) is 0 Å². The molecule has 6 nitrogen and oxygen atoms in total. The zero-order valence-corrected chi connectivity index (χ0v) is 23.0. The molecule has 34 heavy (non-hydrogen) atoms. The molecule has 0 aromatic rings. The van der Waals surface area contributed by atoms with Crippen molar-refractivity contribution in [1.82, 2.24) is 19.6 Å². The van der Waals surface area contributed by atoms with Gasteiger partial charge in [-0.3, -0.25) is 14.6 Å². The van der Waals surface area contributed by atoms with E-state index in [4.69, 9.17) is 0 Å². The first kappa shape index (κ1) is 30.5. The van der Waals surface area contributed by atoms with Crippen LogP contribution >= 0.6 is 0 Å². The summed E-state index contributed by atoms with van der Waals surface area (Å²) in [6, 6.07) is 0.653. The lowest BCUT2D eigenvalue weighted by Crippen LogP contribution is -2.53. The number of hydrogen-bond acceptors (Lipinski definition) is 5. The van der Waals surface area contributed by atoms with Crippen molar-refractivity contribution in [3.8, 4) is 0 Å². The van der Waals surface area contributed by atoms with E-state index < -0.39 is 0 Å². The molecule has 0 saturated carbocycles. The Hall–Kier alpha value is -1.50. The van der Waals surface area contributed by atoms with Gasteiger partial charge >= 0.3 is 0 Å². The lowest BCUT2D eigenvalue weighted by molar-refractivity contribution is -0.134. The highest BCUT2D eigenvalue weighted by Gasteiger charge is 2.25. The Morgan fingerprint density at radius 2 is 1.62 bits per heavy atom. The molecule has 3 heterocycles. The average molecular weight is 477 g/mol. The standard InChI is InChI=1S/C18H33N3O.C5H11N.C5H8O/c1-5-6-17(4)20-9-11-21(12-10-20)18(22)14-19-8-7-15(2)16(3)13-19;1-6-4-2-3-5-6;1-3-5(2)4-6/h17H,5-14H2,1-4H3;2-5H2,1H3;3-5H,1H2,2H3. The van der Waals surface area contributed by atoms with Gasteiger partial charge in [-0.1, -0.05) is 37.5 Å². The molecular weight excluding hydrogens is 424 g/mol. The number of rotatable bonds is 7. The van der Waals surface area contributed by atoms with Crippen molar-refractivity contribution in [2.45, 2.75) is 72.8 Å². The van der Waals surface area contributed by atoms with E-state index in [-0.39, 0.29) is 5.92 Å². The van der Waals surface area contributed by atoms with Crippen LogP contribution in [0.25, 0.3) is 0 Å². The maximum Gasteiger partial charge on any atom is 0.236 e. The number of amides is 1. The molecule has 0 bridgehead atoms. The van der Waals surface area contributed by atoms with Crippen molar-refractivity contribution in [1.29, 1.82) is 0 Å². The second-order valence-electron chi connectivity index (χ2n) is 10.3. The summed E-state index contributed by atoms with van der Waals surface area (Å²) in [6.07, 6.45) is 8.89. The highest BCUT2D eigenvalue weighted by Crippen LogP contribution is 2.17. The molecule has 0 spiro atoms. The number of allylic oxidation sites excluding steroid dienone is 1. The van der Waals surface area contributed by atoms with Crippen molar-refractivity contribution in [2.75, 3.05) is 66.0 Å². The van der Waals surface area contributed by atoms with Crippen LogP contribution < -0.4 is 0 Å². The van der Waals surface area contributed by atoms with E-state index in [0.29, 0.717) is 18.5 Å². The molecule has 0 aliphatic carbocycles. The van der Waals surface area contributed by atoms with E-state index in [0.717, 1.165) is 52.0 Å². The molecule has 3 rings (SSSR count). The minimum Gasteiger partial charge on any atom is -0.339 e. The van der Waals surface area contributed by atoms with E-state index in [1.807, 2.05) is 0 Å². The summed E-state index contributed by atoms with van der Waals surface area (Å²) in [6.45, 7) is 23.2. The van der Waals surface area contributed by atoms with Gasteiger partial charge in [0, 0.05) is 51.2 Å². The van der Waals surface area contributed by atoms with Gasteiger partial charge in [0.1, 0.15) is 6.29 Å². The van der Waals surface area contributed by atoms with Crippen LogP contribution in [0.15, 0.2) is 23.8 Å². The molecule has 0 N–H and O–H groups in total. The highest BCUT2D eigenvalue weighted by molar-refractivity contribution is 5.78. The Kier molecular flexibility index (Phi) is 15.3. The molecule has 0 aromatic heterocycles. The van der Waals surface area contributed by atoms with Crippen molar-refractivity contribution in [2.24, 2.45) is 5.92 Å². The van der Waals surface area contributed by atoms with Crippen LogP contribution in [-0.4, -0.2) is 104 Å². The maximum atomic E-state index is 12.5. The fourth-order valence-corrected chi connectivity index (χ4v) is 4.46. The summed E-state index contributed by atoms with van der Waals surface area (Å²) < 4.78 is 0. The summed E-state index contributed by atoms with van der Waals surface area (Å²) in [5, 5.41) is 0. The number of carbonyl (C=O) groups excluding carboxylic acids is 2. The van der Waals surface area contributed by atoms with E-state index in [1.165, 1.54) is 49.9 Å². The van der Waals surface area contributed by atoms with Crippen LogP contribution in [0, 0.1) is 5.92 Å². The molecule has 0 aromatic carbocycles. The molecule has 196 valence electrons. The van der Waals surface area contributed by atoms with Gasteiger partial charge in [-0.2, -0.15) is 0 Å². The van der Waals surface area contributed by atoms with Gasteiger partial charge < -0.3 is 14.6 Å². The fraction of sp³-hybridized carbons (Fsp3) is 0.786. The molecule has 2 fully saturated rings.